The molecule has 0 saturated carbocycles. The summed E-state index contributed by atoms with van der Waals surface area (Å²) in [4.78, 5) is 0.283. The molecule has 5 heteroatoms. The number of nitrogens with one attached hydrogen (secondary N) is 1. The van der Waals surface area contributed by atoms with Crippen molar-refractivity contribution in [3.63, 3.8) is 0 Å². The minimum absolute atomic E-state index is 0.138. The van der Waals surface area contributed by atoms with E-state index < -0.39 is 9.84 Å². The molecule has 0 aliphatic rings. The first-order valence-electron chi connectivity index (χ1n) is 6.19. The van der Waals surface area contributed by atoms with Crippen LogP contribution in [0.15, 0.2) is 59.5 Å². The van der Waals surface area contributed by atoms with Crippen LogP contribution in [0.2, 0.25) is 0 Å². The lowest BCUT2D eigenvalue weighted by atomic mass is 10.1. The quantitative estimate of drug-likeness (QED) is 0.860. The Hall–Kier alpha value is -1.52. The van der Waals surface area contributed by atoms with Crippen LogP contribution < -0.4 is 5.32 Å². The number of rotatable bonds is 5. The maximum Gasteiger partial charge on any atom is 0.177 e. The topological polar surface area (TPSA) is 46.2 Å². The highest BCUT2D eigenvalue weighted by Gasteiger charge is 2.16. The van der Waals surface area contributed by atoms with Crippen molar-refractivity contribution >= 4 is 27.1 Å². The van der Waals surface area contributed by atoms with Gasteiger partial charge in [0, 0.05) is 12.1 Å². The zero-order valence-electron chi connectivity index (χ0n) is 11.1. The molecular weight excluding hydrogens is 294 g/mol. The van der Waals surface area contributed by atoms with E-state index in [0.717, 1.165) is 5.56 Å². The summed E-state index contributed by atoms with van der Waals surface area (Å²) in [7, 11) is -3.28. The Morgan fingerprint density at radius 2 is 1.65 bits per heavy atom. The van der Waals surface area contributed by atoms with Crippen LogP contribution in [0.4, 0.5) is 5.69 Å². The van der Waals surface area contributed by atoms with Gasteiger partial charge in [0.25, 0.3) is 0 Å². The summed E-state index contributed by atoms with van der Waals surface area (Å²) in [5, 5.41) is 3.21. The van der Waals surface area contributed by atoms with E-state index in [-0.39, 0.29) is 10.9 Å². The fourth-order valence-corrected chi connectivity index (χ4v) is 3.10. The maximum absolute atomic E-state index is 11.8. The van der Waals surface area contributed by atoms with Crippen molar-refractivity contribution in [1.82, 2.24) is 0 Å². The van der Waals surface area contributed by atoms with E-state index in [2.05, 4.69) is 5.32 Å². The molecule has 0 amide bonds. The van der Waals surface area contributed by atoms with Crippen LogP contribution >= 0.6 is 11.6 Å². The number of hydrogen-bond acceptors (Lipinski definition) is 3. The van der Waals surface area contributed by atoms with Gasteiger partial charge in [0.1, 0.15) is 0 Å². The molecule has 0 saturated heterocycles. The van der Waals surface area contributed by atoms with E-state index in [1.54, 1.807) is 24.3 Å². The first-order chi connectivity index (χ1) is 9.52. The largest absolute Gasteiger partial charge is 0.376 e. The third-order valence-electron chi connectivity index (χ3n) is 2.97. The van der Waals surface area contributed by atoms with Crippen molar-refractivity contribution in [3.05, 3.63) is 60.2 Å². The summed E-state index contributed by atoms with van der Waals surface area (Å²) in [6.07, 6.45) is 1.20. The minimum Gasteiger partial charge on any atom is -0.376 e. The van der Waals surface area contributed by atoms with Crippen LogP contribution in [0, 0.1) is 0 Å². The lowest BCUT2D eigenvalue weighted by Crippen LogP contribution is -2.14. The molecule has 0 aliphatic carbocycles. The summed E-state index contributed by atoms with van der Waals surface area (Å²) < 4.78 is 23.6. The van der Waals surface area contributed by atoms with Crippen LogP contribution in [0.25, 0.3) is 0 Å². The van der Waals surface area contributed by atoms with Crippen molar-refractivity contribution in [2.24, 2.45) is 0 Å². The van der Waals surface area contributed by atoms with Crippen molar-refractivity contribution in [3.8, 4) is 0 Å². The van der Waals surface area contributed by atoms with E-state index in [0.29, 0.717) is 11.6 Å². The summed E-state index contributed by atoms with van der Waals surface area (Å²) in [6, 6.07) is 16.4. The molecule has 0 aliphatic heterocycles. The predicted molar refractivity (Wildman–Crippen MR) is 83.1 cm³/mol. The minimum atomic E-state index is -3.28. The number of para-hydroxylation sites is 1. The summed E-state index contributed by atoms with van der Waals surface area (Å²) in [5.74, 6) is 0.349. The monoisotopic (exact) mass is 309 g/mol. The molecule has 20 heavy (non-hydrogen) atoms. The summed E-state index contributed by atoms with van der Waals surface area (Å²) >= 11 is 6.01. The fourth-order valence-electron chi connectivity index (χ4n) is 1.99. The molecule has 1 atom stereocenters. The molecule has 1 N–H and O–H groups in total. The Kier molecular flexibility index (Phi) is 4.68. The molecule has 2 rings (SSSR count). The smallest absolute Gasteiger partial charge is 0.177 e. The van der Waals surface area contributed by atoms with E-state index in [1.165, 1.54) is 6.26 Å². The second-order valence-corrected chi connectivity index (χ2v) is 6.82. The molecule has 2 aromatic carbocycles. The summed E-state index contributed by atoms with van der Waals surface area (Å²) in [5.41, 5.74) is 1.59. The molecule has 106 valence electrons. The standard InChI is InChI=1S/C15H16ClNO2S/c1-20(18,19)15-10-6-5-9-13(15)17-14(11-16)12-7-3-2-4-8-12/h2-10,14,17H,11H2,1H3. The second kappa shape index (κ2) is 6.29. The number of hydrogen-bond donors (Lipinski definition) is 1. The van der Waals surface area contributed by atoms with Gasteiger partial charge >= 0.3 is 0 Å². The third kappa shape index (κ3) is 3.52. The first kappa shape index (κ1) is 14.9. The molecule has 0 heterocycles. The molecule has 2 aromatic rings. The van der Waals surface area contributed by atoms with Gasteiger partial charge in [0.05, 0.1) is 16.6 Å². The molecule has 0 spiro atoms. The van der Waals surface area contributed by atoms with Crippen LogP contribution in [0.3, 0.4) is 0 Å². The second-order valence-electron chi connectivity index (χ2n) is 4.53. The highest BCUT2D eigenvalue weighted by Crippen LogP contribution is 2.26. The van der Waals surface area contributed by atoms with Gasteiger partial charge in [-0.3, -0.25) is 0 Å². The molecule has 1 unspecified atom stereocenters. The van der Waals surface area contributed by atoms with Gasteiger partial charge in [0.2, 0.25) is 0 Å². The van der Waals surface area contributed by atoms with E-state index >= 15 is 0 Å². The van der Waals surface area contributed by atoms with E-state index in [4.69, 9.17) is 11.6 Å². The van der Waals surface area contributed by atoms with Gasteiger partial charge in [-0.1, -0.05) is 42.5 Å². The van der Waals surface area contributed by atoms with Crippen molar-refractivity contribution in [1.29, 1.82) is 0 Å². The molecule has 0 fully saturated rings. The van der Waals surface area contributed by atoms with Crippen LogP contribution in [0.5, 0.6) is 0 Å². The molecule has 0 radical (unpaired) electrons. The first-order valence-corrected chi connectivity index (χ1v) is 8.61. The SMILES string of the molecule is CS(=O)(=O)c1ccccc1NC(CCl)c1ccccc1. The van der Waals surface area contributed by atoms with Gasteiger partial charge < -0.3 is 5.32 Å². The molecule has 0 bridgehead atoms. The Labute approximate surface area is 124 Å². The van der Waals surface area contributed by atoms with Crippen molar-refractivity contribution in [2.75, 3.05) is 17.5 Å². The van der Waals surface area contributed by atoms with Crippen molar-refractivity contribution in [2.45, 2.75) is 10.9 Å². The number of sulfone groups is 1. The Morgan fingerprint density at radius 3 is 2.25 bits per heavy atom. The number of anilines is 1. The predicted octanol–water partition coefficient (Wildman–Crippen LogP) is 3.48. The number of benzene rings is 2. The zero-order valence-corrected chi connectivity index (χ0v) is 12.7. The van der Waals surface area contributed by atoms with Gasteiger partial charge in [-0.2, -0.15) is 0 Å². The summed E-state index contributed by atoms with van der Waals surface area (Å²) in [6.45, 7) is 0. The molecular formula is C15H16ClNO2S. The van der Waals surface area contributed by atoms with E-state index in [9.17, 15) is 8.42 Å². The van der Waals surface area contributed by atoms with Gasteiger partial charge in [-0.05, 0) is 17.7 Å². The molecule has 0 aromatic heterocycles. The maximum atomic E-state index is 11.8. The third-order valence-corrected chi connectivity index (χ3v) is 4.44. The number of halogens is 1. The zero-order chi connectivity index (χ0) is 14.6. The lowest BCUT2D eigenvalue weighted by Gasteiger charge is -2.19. The Balaban J connectivity index is 2.34. The number of alkyl halides is 1. The van der Waals surface area contributed by atoms with Gasteiger partial charge in [-0.15, -0.1) is 11.6 Å². The average Bonchev–Trinajstić information content (AvgIpc) is 2.45. The van der Waals surface area contributed by atoms with Crippen LogP contribution in [0.1, 0.15) is 11.6 Å². The Morgan fingerprint density at radius 1 is 1.05 bits per heavy atom. The van der Waals surface area contributed by atoms with Crippen LogP contribution in [-0.4, -0.2) is 20.6 Å². The normalized spacial score (nSPS) is 12.9. The Bertz CT molecular complexity index is 671. The van der Waals surface area contributed by atoms with E-state index in [1.807, 2.05) is 30.3 Å². The fraction of sp³-hybridized carbons (Fsp3) is 0.200. The van der Waals surface area contributed by atoms with Gasteiger partial charge in [-0.25, -0.2) is 8.42 Å². The highest BCUT2D eigenvalue weighted by atomic mass is 35.5. The highest BCUT2D eigenvalue weighted by molar-refractivity contribution is 7.90. The van der Waals surface area contributed by atoms with Gasteiger partial charge in [0.15, 0.2) is 9.84 Å². The van der Waals surface area contributed by atoms with Crippen molar-refractivity contribution < 1.29 is 8.42 Å². The molecule has 3 nitrogen and oxygen atoms in total. The average molecular weight is 310 g/mol. The van der Waals surface area contributed by atoms with Crippen LogP contribution in [-0.2, 0) is 9.84 Å². The lowest BCUT2D eigenvalue weighted by molar-refractivity contribution is 0.602.